The fraction of sp³-hybridized carbons (Fsp3) is 0.714. The minimum Gasteiger partial charge on any atom is -0.478 e. The molecular weight excluding hydrogens is 259 g/mol. The second-order valence-corrected chi connectivity index (χ2v) is 5.52. The van der Waals surface area contributed by atoms with Crippen LogP contribution in [0.4, 0.5) is 0 Å². The zero-order valence-electron chi connectivity index (χ0n) is 12.3. The Morgan fingerprint density at radius 1 is 1.05 bits per heavy atom. The van der Waals surface area contributed by atoms with Gasteiger partial charge in [-0.2, -0.15) is 0 Å². The molecule has 1 aliphatic rings. The minimum atomic E-state index is 0.0273. The highest BCUT2D eigenvalue weighted by Gasteiger charge is 2.15. The highest BCUT2D eigenvalue weighted by atomic mass is 31.1. The molecule has 1 rings (SSSR count). The molecule has 0 fully saturated rings. The van der Waals surface area contributed by atoms with Crippen LogP contribution < -0.4 is 0 Å². The number of unbranched alkanes of at least 4 members (excludes halogenated alkanes) is 5. The van der Waals surface area contributed by atoms with Gasteiger partial charge in [0.25, 0.3) is 0 Å². The molecular formula is C14H25N2O2P. The SMILES string of the molecule is CCCCCCCCOC1=CN(C)C(P=O)=CN1C. The lowest BCUT2D eigenvalue weighted by Crippen LogP contribution is -2.24. The lowest BCUT2D eigenvalue weighted by molar-refractivity contribution is 0.134. The molecule has 1 heterocycles. The molecule has 0 N–H and O–H groups in total. The maximum absolute atomic E-state index is 10.9. The molecule has 0 aliphatic carbocycles. The van der Waals surface area contributed by atoms with Gasteiger partial charge in [-0.05, 0) is 6.42 Å². The molecule has 4 nitrogen and oxygen atoms in total. The van der Waals surface area contributed by atoms with Crippen LogP contribution in [0.1, 0.15) is 45.4 Å². The molecule has 0 spiro atoms. The van der Waals surface area contributed by atoms with E-state index in [1.807, 2.05) is 36.3 Å². The van der Waals surface area contributed by atoms with E-state index in [0.717, 1.165) is 24.3 Å². The van der Waals surface area contributed by atoms with E-state index in [0.29, 0.717) is 0 Å². The highest BCUT2D eigenvalue weighted by Crippen LogP contribution is 2.24. The van der Waals surface area contributed by atoms with Gasteiger partial charge in [-0.1, -0.05) is 39.0 Å². The number of hydrogen-bond acceptors (Lipinski definition) is 4. The Morgan fingerprint density at radius 2 is 1.74 bits per heavy atom. The third kappa shape index (κ3) is 5.65. The monoisotopic (exact) mass is 284 g/mol. The average Bonchev–Trinajstić information content (AvgIpc) is 2.41. The number of hydrogen-bond donors (Lipinski definition) is 0. The van der Waals surface area contributed by atoms with Crippen molar-refractivity contribution in [2.75, 3.05) is 20.7 Å². The van der Waals surface area contributed by atoms with Crippen LogP contribution in [0.15, 0.2) is 23.7 Å². The molecule has 0 aromatic rings. The zero-order chi connectivity index (χ0) is 14.1. The second kappa shape index (κ2) is 8.98. The molecule has 19 heavy (non-hydrogen) atoms. The molecule has 0 aromatic carbocycles. The summed E-state index contributed by atoms with van der Waals surface area (Å²) >= 11 is 0. The molecule has 0 amide bonds. The zero-order valence-corrected chi connectivity index (χ0v) is 13.2. The van der Waals surface area contributed by atoms with Crippen molar-refractivity contribution in [3.05, 3.63) is 23.7 Å². The van der Waals surface area contributed by atoms with Crippen LogP contribution in [0.3, 0.4) is 0 Å². The smallest absolute Gasteiger partial charge is 0.212 e. The molecule has 0 atom stereocenters. The van der Waals surface area contributed by atoms with Crippen molar-refractivity contribution >= 4 is 8.46 Å². The van der Waals surface area contributed by atoms with Crippen molar-refractivity contribution in [2.45, 2.75) is 45.4 Å². The first-order chi connectivity index (χ1) is 9.19. The van der Waals surface area contributed by atoms with Crippen molar-refractivity contribution in [3.63, 3.8) is 0 Å². The molecule has 0 aromatic heterocycles. The van der Waals surface area contributed by atoms with E-state index in [4.69, 9.17) is 4.74 Å². The predicted molar refractivity (Wildman–Crippen MR) is 78.6 cm³/mol. The van der Waals surface area contributed by atoms with Gasteiger partial charge in [0.2, 0.25) is 14.3 Å². The van der Waals surface area contributed by atoms with E-state index >= 15 is 0 Å². The van der Waals surface area contributed by atoms with Crippen LogP contribution in [0, 0.1) is 0 Å². The molecule has 0 saturated carbocycles. The summed E-state index contributed by atoms with van der Waals surface area (Å²) in [5.74, 6) is 0.809. The molecule has 108 valence electrons. The van der Waals surface area contributed by atoms with E-state index in [9.17, 15) is 4.57 Å². The summed E-state index contributed by atoms with van der Waals surface area (Å²) in [5, 5.41) is 0. The lowest BCUT2D eigenvalue weighted by atomic mass is 10.1. The summed E-state index contributed by atoms with van der Waals surface area (Å²) in [5.41, 5.74) is 0.731. The maximum Gasteiger partial charge on any atom is 0.212 e. The molecule has 5 heteroatoms. The first-order valence-electron chi connectivity index (χ1n) is 7.04. The van der Waals surface area contributed by atoms with Crippen LogP contribution >= 0.6 is 8.46 Å². The molecule has 0 bridgehead atoms. The third-order valence-corrected chi connectivity index (χ3v) is 3.78. The summed E-state index contributed by atoms with van der Waals surface area (Å²) in [6.07, 6.45) is 11.3. The standard InChI is InChI=1S/C14H25N2O2P/c1-4-5-6-7-8-9-10-18-13-11-16(3)14(19-17)12-15(13)2/h11-12H,4-10H2,1-3H3. The van der Waals surface area contributed by atoms with Crippen molar-refractivity contribution in [3.8, 4) is 0 Å². The highest BCUT2D eigenvalue weighted by molar-refractivity contribution is 7.29. The Morgan fingerprint density at radius 3 is 2.42 bits per heavy atom. The molecule has 0 unspecified atom stereocenters. The Bertz CT molecular complexity index is 342. The van der Waals surface area contributed by atoms with Gasteiger partial charge in [0.15, 0.2) is 0 Å². The van der Waals surface area contributed by atoms with E-state index in [1.54, 1.807) is 0 Å². The molecule has 0 radical (unpaired) electrons. The van der Waals surface area contributed by atoms with Crippen molar-refractivity contribution in [2.24, 2.45) is 0 Å². The summed E-state index contributed by atoms with van der Waals surface area (Å²) in [6, 6.07) is 0. The summed E-state index contributed by atoms with van der Waals surface area (Å²) < 4.78 is 16.7. The van der Waals surface area contributed by atoms with Gasteiger partial charge in [-0.15, -0.1) is 0 Å². The number of ether oxygens (including phenoxy) is 1. The van der Waals surface area contributed by atoms with Crippen LogP contribution in [0.25, 0.3) is 0 Å². The first kappa shape index (κ1) is 16.0. The van der Waals surface area contributed by atoms with Gasteiger partial charge in [-0.25, -0.2) is 0 Å². The van der Waals surface area contributed by atoms with E-state index in [2.05, 4.69) is 6.92 Å². The Balaban J connectivity index is 2.21. The Kier molecular flexibility index (Phi) is 7.57. The van der Waals surface area contributed by atoms with Crippen molar-refractivity contribution in [1.29, 1.82) is 0 Å². The Hall–Kier alpha value is -1.02. The quantitative estimate of drug-likeness (QED) is 0.471. The van der Waals surface area contributed by atoms with Crippen LogP contribution in [-0.4, -0.2) is 30.5 Å². The first-order valence-corrected chi connectivity index (χ1v) is 7.85. The topological polar surface area (TPSA) is 32.8 Å². The summed E-state index contributed by atoms with van der Waals surface area (Å²) in [4.78, 5) is 3.70. The van der Waals surface area contributed by atoms with E-state index in [1.165, 1.54) is 32.1 Å². The number of rotatable bonds is 9. The van der Waals surface area contributed by atoms with Crippen LogP contribution in [0.2, 0.25) is 0 Å². The maximum atomic E-state index is 10.9. The average molecular weight is 284 g/mol. The fourth-order valence-corrected chi connectivity index (χ4v) is 2.34. The summed E-state index contributed by atoms with van der Waals surface area (Å²) in [6.45, 7) is 2.97. The van der Waals surface area contributed by atoms with E-state index < -0.39 is 0 Å². The van der Waals surface area contributed by atoms with Crippen LogP contribution in [-0.2, 0) is 9.30 Å². The van der Waals surface area contributed by atoms with E-state index in [-0.39, 0.29) is 8.46 Å². The van der Waals surface area contributed by atoms with Crippen molar-refractivity contribution in [1.82, 2.24) is 9.80 Å². The summed E-state index contributed by atoms with van der Waals surface area (Å²) in [7, 11) is 3.81. The third-order valence-electron chi connectivity index (χ3n) is 3.16. The van der Waals surface area contributed by atoms with Crippen molar-refractivity contribution < 1.29 is 9.30 Å². The van der Waals surface area contributed by atoms with Gasteiger partial charge >= 0.3 is 0 Å². The van der Waals surface area contributed by atoms with Gasteiger partial charge in [0.05, 0.1) is 12.8 Å². The largest absolute Gasteiger partial charge is 0.478 e. The second-order valence-electron chi connectivity index (χ2n) is 4.88. The fourth-order valence-electron chi connectivity index (χ4n) is 1.94. The number of nitrogens with zero attached hydrogens (tertiary/aromatic N) is 2. The Labute approximate surface area is 118 Å². The molecule has 0 saturated heterocycles. The van der Waals surface area contributed by atoms with Gasteiger partial charge < -0.3 is 14.5 Å². The van der Waals surface area contributed by atoms with Gasteiger partial charge in [0.1, 0.15) is 5.44 Å². The van der Waals surface area contributed by atoms with Crippen LogP contribution in [0.5, 0.6) is 0 Å². The molecule has 1 aliphatic heterocycles. The van der Waals surface area contributed by atoms with Gasteiger partial charge in [-0.3, -0.25) is 4.57 Å². The minimum absolute atomic E-state index is 0.0273. The predicted octanol–water partition coefficient (Wildman–Crippen LogP) is 4.13. The normalized spacial score (nSPS) is 15.5. The van der Waals surface area contributed by atoms with Gasteiger partial charge in [0, 0.05) is 20.3 Å². The lowest BCUT2D eigenvalue weighted by Gasteiger charge is -2.27.